The summed E-state index contributed by atoms with van der Waals surface area (Å²) in [7, 11) is 0. The van der Waals surface area contributed by atoms with Crippen LogP contribution in [0.5, 0.6) is 0 Å². The van der Waals surface area contributed by atoms with Crippen LogP contribution >= 0.6 is 11.6 Å². The van der Waals surface area contributed by atoms with Crippen LogP contribution in [0.25, 0.3) is 0 Å². The molecule has 1 saturated heterocycles. The molecular weight excluding hydrogens is 286 g/mol. The fourth-order valence-corrected chi connectivity index (χ4v) is 2.72. The van der Waals surface area contributed by atoms with E-state index < -0.39 is 0 Å². The Kier molecular flexibility index (Phi) is 4.68. The van der Waals surface area contributed by atoms with Crippen LogP contribution in [-0.2, 0) is 11.2 Å². The van der Waals surface area contributed by atoms with Gasteiger partial charge < -0.3 is 10.1 Å². The molecule has 0 spiro atoms. The van der Waals surface area contributed by atoms with Crippen molar-refractivity contribution >= 4 is 17.4 Å². The Morgan fingerprint density at radius 2 is 2.19 bits per heavy atom. The Balaban J connectivity index is 1.58. The summed E-state index contributed by atoms with van der Waals surface area (Å²) < 4.78 is 5.41. The Hall–Kier alpha value is -1.65. The molecule has 1 aliphatic rings. The summed E-state index contributed by atoms with van der Waals surface area (Å²) in [6.45, 7) is 2.38. The van der Waals surface area contributed by atoms with E-state index in [0.717, 1.165) is 54.7 Å². The summed E-state index contributed by atoms with van der Waals surface area (Å²) in [6, 6.07) is 9.93. The van der Waals surface area contributed by atoms with Crippen molar-refractivity contribution in [3.05, 3.63) is 52.9 Å². The minimum atomic E-state index is 0.400. The second kappa shape index (κ2) is 6.87. The first-order chi connectivity index (χ1) is 10.3. The van der Waals surface area contributed by atoms with Crippen molar-refractivity contribution in [3.63, 3.8) is 0 Å². The number of hydrogen-bond donors (Lipinski definition) is 1. The lowest BCUT2D eigenvalue weighted by Crippen LogP contribution is -2.09. The van der Waals surface area contributed by atoms with Crippen LogP contribution in [0.15, 0.2) is 36.7 Å². The molecule has 4 nitrogen and oxygen atoms in total. The van der Waals surface area contributed by atoms with E-state index in [4.69, 9.17) is 16.3 Å². The van der Waals surface area contributed by atoms with Crippen molar-refractivity contribution in [2.75, 3.05) is 25.1 Å². The average molecular weight is 304 g/mol. The highest BCUT2D eigenvalue weighted by Crippen LogP contribution is 2.24. The van der Waals surface area contributed by atoms with Gasteiger partial charge in [0.15, 0.2) is 0 Å². The van der Waals surface area contributed by atoms with E-state index in [9.17, 15) is 0 Å². The van der Waals surface area contributed by atoms with Crippen molar-refractivity contribution in [1.82, 2.24) is 9.97 Å². The van der Waals surface area contributed by atoms with Gasteiger partial charge in [-0.25, -0.2) is 9.97 Å². The Morgan fingerprint density at radius 1 is 1.29 bits per heavy atom. The predicted molar refractivity (Wildman–Crippen MR) is 83.9 cm³/mol. The molecule has 1 aromatic heterocycles. The van der Waals surface area contributed by atoms with Gasteiger partial charge in [-0.15, -0.1) is 0 Å². The number of halogens is 1. The van der Waals surface area contributed by atoms with Gasteiger partial charge >= 0.3 is 0 Å². The van der Waals surface area contributed by atoms with Gasteiger partial charge in [-0.05, 0) is 24.5 Å². The maximum Gasteiger partial charge on any atom is 0.129 e. The lowest BCUT2D eigenvalue weighted by atomic mass is 10.1. The molecule has 21 heavy (non-hydrogen) atoms. The fraction of sp³-hybridized carbons (Fsp3) is 0.375. The summed E-state index contributed by atoms with van der Waals surface area (Å²) in [5.41, 5.74) is 2.20. The second-order valence-electron chi connectivity index (χ2n) is 5.16. The van der Waals surface area contributed by atoms with Gasteiger partial charge in [0.25, 0.3) is 0 Å². The van der Waals surface area contributed by atoms with E-state index in [1.165, 1.54) is 0 Å². The lowest BCUT2D eigenvalue weighted by Gasteiger charge is -2.10. The molecule has 0 bridgehead atoms. The Bertz CT molecular complexity index is 600. The molecule has 1 atom stereocenters. The summed E-state index contributed by atoms with van der Waals surface area (Å²) in [6.07, 6.45) is 3.52. The first-order valence-corrected chi connectivity index (χ1v) is 7.57. The zero-order chi connectivity index (χ0) is 14.5. The SMILES string of the molecule is Clc1ccccc1CCNc1cc([C@H]2CCOC2)ncn1. The molecule has 3 rings (SSSR count). The van der Waals surface area contributed by atoms with Gasteiger partial charge in [0, 0.05) is 30.2 Å². The number of anilines is 1. The van der Waals surface area contributed by atoms with Gasteiger partial charge in [0.05, 0.1) is 12.3 Å². The molecule has 1 fully saturated rings. The zero-order valence-corrected chi connectivity index (χ0v) is 12.5. The molecule has 2 aromatic rings. The third-order valence-corrected chi connectivity index (χ3v) is 4.06. The van der Waals surface area contributed by atoms with E-state index in [0.29, 0.717) is 5.92 Å². The normalized spacial score (nSPS) is 17.9. The first kappa shape index (κ1) is 14.3. The van der Waals surface area contributed by atoms with Crippen LogP contribution < -0.4 is 5.32 Å². The highest BCUT2D eigenvalue weighted by molar-refractivity contribution is 6.31. The second-order valence-corrected chi connectivity index (χ2v) is 5.56. The monoisotopic (exact) mass is 303 g/mol. The standard InChI is InChI=1S/C16H18ClN3O/c17-14-4-2-1-3-12(14)5-7-18-16-9-15(19-11-20-16)13-6-8-21-10-13/h1-4,9,11,13H,5-8,10H2,(H,18,19,20)/t13-/m0/s1. The number of nitrogens with zero attached hydrogens (tertiary/aromatic N) is 2. The first-order valence-electron chi connectivity index (χ1n) is 7.20. The van der Waals surface area contributed by atoms with E-state index in [2.05, 4.69) is 15.3 Å². The predicted octanol–water partition coefficient (Wildman–Crippen LogP) is 3.29. The van der Waals surface area contributed by atoms with Crippen LogP contribution in [0.3, 0.4) is 0 Å². The summed E-state index contributed by atoms with van der Waals surface area (Å²) in [4.78, 5) is 8.62. The van der Waals surface area contributed by atoms with Gasteiger partial charge in [-0.3, -0.25) is 0 Å². The fourth-order valence-electron chi connectivity index (χ4n) is 2.49. The van der Waals surface area contributed by atoms with Crippen molar-refractivity contribution < 1.29 is 4.74 Å². The van der Waals surface area contributed by atoms with E-state index in [1.807, 2.05) is 30.3 Å². The van der Waals surface area contributed by atoms with E-state index in [1.54, 1.807) is 6.33 Å². The molecule has 5 heteroatoms. The molecule has 0 saturated carbocycles. The molecule has 110 valence electrons. The molecular formula is C16H18ClN3O. The Morgan fingerprint density at radius 3 is 3.00 bits per heavy atom. The highest BCUT2D eigenvalue weighted by Gasteiger charge is 2.19. The van der Waals surface area contributed by atoms with Crippen molar-refractivity contribution in [1.29, 1.82) is 0 Å². The third kappa shape index (κ3) is 3.71. The molecule has 0 amide bonds. The van der Waals surface area contributed by atoms with Crippen molar-refractivity contribution in [3.8, 4) is 0 Å². The van der Waals surface area contributed by atoms with E-state index in [-0.39, 0.29) is 0 Å². The number of hydrogen-bond acceptors (Lipinski definition) is 4. The van der Waals surface area contributed by atoms with Crippen LogP contribution in [0.4, 0.5) is 5.82 Å². The van der Waals surface area contributed by atoms with Gasteiger partial charge in [0.2, 0.25) is 0 Å². The maximum atomic E-state index is 6.15. The molecule has 0 aliphatic carbocycles. The Labute approximate surface area is 129 Å². The van der Waals surface area contributed by atoms with Crippen molar-refractivity contribution in [2.24, 2.45) is 0 Å². The number of nitrogens with one attached hydrogen (secondary N) is 1. The molecule has 1 aliphatic heterocycles. The molecule has 0 unspecified atom stereocenters. The van der Waals surface area contributed by atoms with E-state index >= 15 is 0 Å². The van der Waals surface area contributed by atoms with Gasteiger partial charge in [-0.1, -0.05) is 29.8 Å². The third-order valence-electron chi connectivity index (χ3n) is 3.69. The molecule has 2 heterocycles. The highest BCUT2D eigenvalue weighted by atomic mass is 35.5. The summed E-state index contributed by atoms with van der Waals surface area (Å²) >= 11 is 6.15. The number of aromatic nitrogens is 2. The van der Waals surface area contributed by atoms with Gasteiger partial charge in [-0.2, -0.15) is 0 Å². The molecule has 1 N–H and O–H groups in total. The minimum Gasteiger partial charge on any atom is -0.381 e. The van der Waals surface area contributed by atoms with Crippen LogP contribution in [0, 0.1) is 0 Å². The van der Waals surface area contributed by atoms with Gasteiger partial charge in [0.1, 0.15) is 12.1 Å². The lowest BCUT2D eigenvalue weighted by molar-refractivity contribution is 0.193. The average Bonchev–Trinajstić information content (AvgIpc) is 3.04. The van der Waals surface area contributed by atoms with Crippen LogP contribution in [0.1, 0.15) is 23.6 Å². The quantitative estimate of drug-likeness (QED) is 0.921. The largest absolute Gasteiger partial charge is 0.381 e. The van der Waals surface area contributed by atoms with Crippen LogP contribution in [0.2, 0.25) is 5.02 Å². The zero-order valence-electron chi connectivity index (χ0n) is 11.8. The number of benzene rings is 1. The minimum absolute atomic E-state index is 0.400. The smallest absolute Gasteiger partial charge is 0.129 e. The maximum absolute atomic E-state index is 6.15. The van der Waals surface area contributed by atoms with Crippen molar-refractivity contribution in [2.45, 2.75) is 18.8 Å². The summed E-state index contributed by atoms with van der Waals surface area (Å²) in [5, 5.41) is 4.14. The molecule has 1 aromatic carbocycles. The topological polar surface area (TPSA) is 47.0 Å². The molecule has 0 radical (unpaired) electrons. The number of ether oxygens (including phenoxy) is 1. The van der Waals surface area contributed by atoms with Crippen LogP contribution in [-0.4, -0.2) is 29.7 Å². The number of rotatable bonds is 5. The summed E-state index contributed by atoms with van der Waals surface area (Å²) in [5.74, 6) is 1.26.